The van der Waals surface area contributed by atoms with Crippen molar-refractivity contribution < 1.29 is 19.5 Å². The number of carbonyl (C=O) groups is 3. The number of amides is 1. The number of benzene rings is 1. The lowest BCUT2D eigenvalue weighted by atomic mass is 10.0. The maximum atomic E-state index is 13.0. The Morgan fingerprint density at radius 3 is 2.33 bits per heavy atom. The number of Topliss-reactive ketones (excluding diaryl/α,β-unsaturated/α-hetero) is 1. The summed E-state index contributed by atoms with van der Waals surface area (Å²) in [6.45, 7) is 4.65. The lowest BCUT2D eigenvalue weighted by Gasteiger charge is -2.34. The number of carboxylic acids is 1. The van der Waals surface area contributed by atoms with Crippen molar-refractivity contribution in [1.29, 1.82) is 0 Å². The Labute approximate surface area is 214 Å². The monoisotopic (exact) mass is 529 g/mol. The highest BCUT2D eigenvalue weighted by Crippen LogP contribution is 2.52. The average Bonchev–Trinajstić information content (AvgIpc) is 2.84. The molecule has 2 N–H and O–H groups in total. The maximum absolute atomic E-state index is 13.0. The van der Waals surface area contributed by atoms with Crippen LogP contribution in [0.2, 0.25) is 0 Å². The smallest absolute Gasteiger partial charge is 0.303 e. The molecule has 1 aliphatic heterocycles. The van der Waals surface area contributed by atoms with Crippen LogP contribution in [0.15, 0.2) is 24.3 Å². The van der Waals surface area contributed by atoms with Crippen molar-refractivity contribution in [3.63, 3.8) is 0 Å². The van der Waals surface area contributed by atoms with E-state index in [0.717, 1.165) is 24.3 Å². The molecule has 1 saturated heterocycles. The minimum absolute atomic E-state index is 0.0277. The summed E-state index contributed by atoms with van der Waals surface area (Å²) in [6, 6.07) is 6.77. The van der Waals surface area contributed by atoms with Gasteiger partial charge in [0.1, 0.15) is 3.41 Å². The standard InChI is InChI=1S/C24H35NO4S4/c1-3-20(30-14-6-15-31-24(4-2)32-16-7-17-33-24)22(28)18-9-11-19(12-10-18)23(29)25-13-5-8-21(26)27/h9-12,20H,3-8,13-17H2,1-2H3,(H,25,29)(H,26,27). The van der Waals surface area contributed by atoms with Gasteiger partial charge in [0.25, 0.3) is 5.91 Å². The number of nitrogens with one attached hydrogen (secondary N) is 1. The van der Waals surface area contributed by atoms with E-state index in [-0.39, 0.29) is 23.4 Å². The zero-order valence-corrected chi connectivity index (χ0v) is 22.7. The van der Waals surface area contributed by atoms with Gasteiger partial charge in [0.05, 0.1) is 5.25 Å². The fourth-order valence-corrected chi connectivity index (χ4v) is 9.75. The number of aliphatic carboxylic acids is 1. The molecule has 184 valence electrons. The molecule has 0 bridgehead atoms. The van der Waals surface area contributed by atoms with Crippen LogP contribution in [0.4, 0.5) is 0 Å². The molecule has 0 aromatic heterocycles. The van der Waals surface area contributed by atoms with Gasteiger partial charge in [-0.1, -0.05) is 26.0 Å². The summed E-state index contributed by atoms with van der Waals surface area (Å²) in [6.07, 6.45) is 4.80. The Morgan fingerprint density at radius 1 is 1.06 bits per heavy atom. The lowest BCUT2D eigenvalue weighted by molar-refractivity contribution is -0.137. The number of hydrogen-bond donors (Lipinski definition) is 2. The van der Waals surface area contributed by atoms with Crippen LogP contribution >= 0.6 is 47.0 Å². The fraction of sp³-hybridized carbons (Fsp3) is 0.625. The summed E-state index contributed by atoms with van der Waals surface area (Å²) in [7, 11) is 0. The van der Waals surface area contributed by atoms with Crippen LogP contribution in [-0.2, 0) is 4.79 Å². The Kier molecular flexibility index (Phi) is 13.2. The zero-order chi connectivity index (χ0) is 24.1. The molecule has 0 saturated carbocycles. The van der Waals surface area contributed by atoms with E-state index in [1.165, 1.54) is 24.3 Å². The third-order valence-corrected chi connectivity index (χ3v) is 12.5. The molecular weight excluding hydrogens is 495 g/mol. The van der Waals surface area contributed by atoms with Gasteiger partial charge in [-0.15, -0.1) is 35.3 Å². The first-order valence-corrected chi connectivity index (χ1v) is 15.6. The minimum Gasteiger partial charge on any atom is -0.481 e. The van der Waals surface area contributed by atoms with Crippen LogP contribution in [0.25, 0.3) is 0 Å². The summed E-state index contributed by atoms with van der Waals surface area (Å²) in [5, 5.41) is 11.3. The Balaban J connectivity index is 1.76. The van der Waals surface area contributed by atoms with Crippen LogP contribution in [0, 0.1) is 0 Å². The van der Waals surface area contributed by atoms with Gasteiger partial charge in [0, 0.05) is 24.1 Å². The van der Waals surface area contributed by atoms with Crippen molar-refractivity contribution in [3.8, 4) is 0 Å². The van der Waals surface area contributed by atoms with Gasteiger partial charge in [0.2, 0.25) is 0 Å². The molecule has 0 aliphatic carbocycles. The molecule has 0 spiro atoms. The largest absolute Gasteiger partial charge is 0.481 e. The van der Waals surface area contributed by atoms with Crippen LogP contribution in [-0.4, -0.2) is 61.0 Å². The second kappa shape index (κ2) is 15.3. The van der Waals surface area contributed by atoms with E-state index in [4.69, 9.17) is 5.11 Å². The molecule has 1 atom stereocenters. The molecule has 0 radical (unpaired) electrons. The van der Waals surface area contributed by atoms with Gasteiger partial charge in [0.15, 0.2) is 5.78 Å². The van der Waals surface area contributed by atoms with Crippen molar-refractivity contribution in [2.45, 2.75) is 61.0 Å². The first-order chi connectivity index (χ1) is 15.9. The summed E-state index contributed by atoms with van der Waals surface area (Å²) in [5.41, 5.74) is 1.11. The fourth-order valence-electron chi connectivity index (χ4n) is 3.35. The maximum Gasteiger partial charge on any atom is 0.303 e. The zero-order valence-electron chi connectivity index (χ0n) is 19.5. The van der Waals surface area contributed by atoms with E-state index in [1.54, 1.807) is 36.0 Å². The van der Waals surface area contributed by atoms with E-state index < -0.39 is 5.97 Å². The molecule has 9 heteroatoms. The quantitative estimate of drug-likeness (QED) is 0.210. The molecule has 33 heavy (non-hydrogen) atoms. The second-order valence-electron chi connectivity index (χ2n) is 7.75. The lowest BCUT2D eigenvalue weighted by Crippen LogP contribution is -2.25. The number of carboxylic acid groups (broad SMARTS) is 1. The summed E-state index contributed by atoms with van der Waals surface area (Å²) >= 11 is 8.03. The second-order valence-corrected chi connectivity index (χ2v) is 14.0. The molecule has 1 fully saturated rings. The number of hydrogen-bond acceptors (Lipinski definition) is 7. The normalized spacial score (nSPS) is 16.2. The van der Waals surface area contributed by atoms with Crippen molar-refractivity contribution in [2.75, 3.05) is 29.6 Å². The third-order valence-electron chi connectivity index (χ3n) is 5.24. The van der Waals surface area contributed by atoms with Gasteiger partial charge in [-0.05, 0) is 67.2 Å². The summed E-state index contributed by atoms with van der Waals surface area (Å²) in [5.74, 6) is 3.62. The summed E-state index contributed by atoms with van der Waals surface area (Å²) < 4.78 is 0.327. The van der Waals surface area contributed by atoms with Crippen LogP contribution in [0.1, 0.15) is 73.1 Å². The molecule has 1 aliphatic rings. The van der Waals surface area contributed by atoms with E-state index in [9.17, 15) is 14.4 Å². The van der Waals surface area contributed by atoms with E-state index in [2.05, 4.69) is 47.5 Å². The first kappa shape index (κ1) is 28.5. The molecule has 1 aromatic carbocycles. The van der Waals surface area contributed by atoms with Gasteiger partial charge >= 0.3 is 5.97 Å². The summed E-state index contributed by atoms with van der Waals surface area (Å²) in [4.78, 5) is 35.7. The van der Waals surface area contributed by atoms with Crippen LogP contribution < -0.4 is 5.32 Å². The van der Waals surface area contributed by atoms with Crippen molar-refractivity contribution in [1.82, 2.24) is 5.32 Å². The van der Waals surface area contributed by atoms with E-state index >= 15 is 0 Å². The highest BCUT2D eigenvalue weighted by atomic mass is 32.3. The molecule has 1 unspecified atom stereocenters. The minimum atomic E-state index is -0.874. The molecule has 1 amide bonds. The Morgan fingerprint density at radius 2 is 1.73 bits per heavy atom. The van der Waals surface area contributed by atoms with Crippen LogP contribution in [0.3, 0.4) is 0 Å². The third kappa shape index (κ3) is 9.78. The highest BCUT2D eigenvalue weighted by Gasteiger charge is 2.32. The number of carbonyl (C=O) groups excluding carboxylic acids is 2. The first-order valence-electron chi connectivity index (χ1n) is 11.6. The molecular formula is C24H35NO4S4. The van der Waals surface area contributed by atoms with Gasteiger partial charge in [-0.25, -0.2) is 0 Å². The topological polar surface area (TPSA) is 83.5 Å². The van der Waals surface area contributed by atoms with Gasteiger partial charge < -0.3 is 10.4 Å². The SMILES string of the molecule is CCC(SCCCSC1(CC)SCCCS1)C(=O)c1ccc(C(=O)NCCCC(=O)O)cc1. The highest BCUT2D eigenvalue weighted by molar-refractivity contribution is 8.34. The number of ketones is 1. The molecule has 1 heterocycles. The average molecular weight is 530 g/mol. The number of thioether (sulfide) groups is 4. The molecule has 2 rings (SSSR count). The predicted molar refractivity (Wildman–Crippen MR) is 146 cm³/mol. The van der Waals surface area contributed by atoms with Crippen LogP contribution in [0.5, 0.6) is 0 Å². The van der Waals surface area contributed by atoms with Crippen molar-refractivity contribution in [3.05, 3.63) is 35.4 Å². The molecule has 5 nitrogen and oxygen atoms in total. The van der Waals surface area contributed by atoms with Gasteiger partial charge in [-0.2, -0.15) is 11.8 Å². The Bertz CT molecular complexity index is 766. The van der Waals surface area contributed by atoms with E-state index in [0.29, 0.717) is 27.5 Å². The van der Waals surface area contributed by atoms with Crippen molar-refractivity contribution in [2.24, 2.45) is 0 Å². The van der Waals surface area contributed by atoms with Gasteiger partial charge in [-0.3, -0.25) is 14.4 Å². The Hall–Kier alpha value is -0.770. The predicted octanol–water partition coefficient (Wildman–Crippen LogP) is 6.03. The molecule has 1 aromatic rings. The van der Waals surface area contributed by atoms with E-state index in [1.807, 2.05) is 6.92 Å². The number of rotatable bonds is 15. The van der Waals surface area contributed by atoms with Crippen molar-refractivity contribution >= 4 is 64.7 Å².